The quantitative estimate of drug-likeness (QED) is 0.287. The number of hydrogen-bond acceptors (Lipinski definition) is 3. The summed E-state index contributed by atoms with van der Waals surface area (Å²) in [7, 11) is 0. The predicted octanol–water partition coefficient (Wildman–Crippen LogP) is 8.21. The third-order valence-corrected chi connectivity index (χ3v) is 8.51. The lowest BCUT2D eigenvalue weighted by molar-refractivity contribution is 0.102. The molecule has 1 aliphatic carbocycles. The third-order valence-electron chi connectivity index (χ3n) is 7.09. The molecule has 1 heterocycles. The lowest BCUT2D eigenvalue weighted by atomic mass is 9.72. The standard InChI is InChI=1S/C30H29ClN2O2S/c1-30(2,3)20-13-16-23-25(17-20)36-29(33-27(34)19-11-14-21(31)15-12-19)26(23)28(35)32-24-10-6-8-18-7-4-5-9-22(18)24/h4-12,14-15,20H,13,16-17H2,1-3H3,(H,32,35)(H,33,34). The van der Waals surface area contributed by atoms with Crippen LogP contribution in [0.15, 0.2) is 66.7 Å². The zero-order chi connectivity index (χ0) is 25.4. The fraction of sp³-hybridized carbons (Fsp3) is 0.267. The Bertz CT molecular complexity index is 1450. The molecule has 0 spiro atoms. The minimum Gasteiger partial charge on any atom is -0.321 e. The molecule has 5 rings (SSSR count). The maximum absolute atomic E-state index is 13.8. The van der Waals surface area contributed by atoms with Gasteiger partial charge in [-0.3, -0.25) is 9.59 Å². The minimum atomic E-state index is -0.253. The number of anilines is 2. The summed E-state index contributed by atoms with van der Waals surface area (Å²) in [6.07, 6.45) is 2.75. The fourth-order valence-corrected chi connectivity index (χ4v) is 6.40. The summed E-state index contributed by atoms with van der Waals surface area (Å²) in [5.74, 6) is 0.0822. The highest BCUT2D eigenvalue weighted by Gasteiger charge is 2.34. The first-order valence-electron chi connectivity index (χ1n) is 12.2. The lowest BCUT2D eigenvalue weighted by Gasteiger charge is -2.33. The van der Waals surface area contributed by atoms with E-state index in [9.17, 15) is 9.59 Å². The molecule has 0 aliphatic heterocycles. The molecule has 4 nitrogen and oxygen atoms in total. The van der Waals surface area contributed by atoms with Gasteiger partial charge in [-0.25, -0.2) is 0 Å². The Morgan fingerprint density at radius 2 is 1.64 bits per heavy atom. The summed E-state index contributed by atoms with van der Waals surface area (Å²) in [5.41, 5.74) is 3.08. The van der Waals surface area contributed by atoms with Crippen LogP contribution < -0.4 is 10.6 Å². The number of benzene rings is 3. The van der Waals surface area contributed by atoms with E-state index in [2.05, 4.69) is 31.4 Å². The van der Waals surface area contributed by atoms with E-state index in [0.717, 1.165) is 41.3 Å². The van der Waals surface area contributed by atoms with Crippen LogP contribution in [0.1, 0.15) is 58.3 Å². The number of amides is 2. The van der Waals surface area contributed by atoms with E-state index in [1.807, 2.05) is 42.5 Å². The molecule has 0 saturated carbocycles. The molecule has 3 aromatic carbocycles. The number of halogens is 1. The van der Waals surface area contributed by atoms with Gasteiger partial charge in [0, 0.05) is 26.5 Å². The molecule has 6 heteroatoms. The Balaban J connectivity index is 1.52. The zero-order valence-electron chi connectivity index (χ0n) is 20.7. The first kappa shape index (κ1) is 24.5. The molecule has 4 aromatic rings. The number of hydrogen-bond donors (Lipinski definition) is 2. The highest BCUT2D eigenvalue weighted by Crippen LogP contribution is 2.44. The van der Waals surface area contributed by atoms with Gasteiger partial charge in [0.15, 0.2) is 0 Å². The molecule has 0 saturated heterocycles. The Hall–Kier alpha value is -3.15. The van der Waals surface area contributed by atoms with Crippen molar-refractivity contribution in [3.63, 3.8) is 0 Å². The molecule has 0 bridgehead atoms. The molecule has 1 unspecified atom stereocenters. The molecule has 1 atom stereocenters. The van der Waals surface area contributed by atoms with Crippen LogP contribution in [0.3, 0.4) is 0 Å². The molecule has 2 amide bonds. The average molecular weight is 517 g/mol. The van der Waals surface area contributed by atoms with Crippen LogP contribution in [-0.4, -0.2) is 11.8 Å². The SMILES string of the molecule is CC(C)(C)C1CCc2c(sc(NC(=O)c3ccc(Cl)cc3)c2C(=O)Nc2cccc3ccccc23)C1. The molecule has 1 aliphatic rings. The van der Waals surface area contributed by atoms with Crippen molar-refractivity contribution in [3.8, 4) is 0 Å². The largest absolute Gasteiger partial charge is 0.321 e. The zero-order valence-corrected chi connectivity index (χ0v) is 22.2. The Kier molecular flexibility index (Phi) is 6.62. The van der Waals surface area contributed by atoms with Gasteiger partial charge >= 0.3 is 0 Å². The lowest BCUT2D eigenvalue weighted by Crippen LogP contribution is -2.27. The fourth-order valence-electron chi connectivity index (χ4n) is 4.95. The van der Waals surface area contributed by atoms with Crippen molar-refractivity contribution in [1.29, 1.82) is 0 Å². The van der Waals surface area contributed by atoms with E-state index in [1.165, 1.54) is 16.2 Å². The van der Waals surface area contributed by atoms with Crippen molar-refractivity contribution >= 4 is 56.2 Å². The van der Waals surface area contributed by atoms with Gasteiger partial charge in [0.2, 0.25) is 0 Å². The van der Waals surface area contributed by atoms with Gasteiger partial charge < -0.3 is 10.6 Å². The maximum atomic E-state index is 13.8. The summed E-state index contributed by atoms with van der Waals surface area (Å²) in [6, 6.07) is 20.6. The molecule has 2 N–H and O–H groups in total. The van der Waals surface area contributed by atoms with E-state index >= 15 is 0 Å². The number of rotatable bonds is 4. The van der Waals surface area contributed by atoms with Crippen LogP contribution >= 0.6 is 22.9 Å². The van der Waals surface area contributed by atoms with E-state index in [4.69, 9.17) is 11.6 Å². The van der Waals surface area contributed by atoms with Gasteiger partial charge in [-0.15, -0.1) is 11.3 Å². The predicted molar refractivity (Wildman–Crippen MR) is 151 cm³/mol. The third kappa shape index (κ3) is 4.91. The summed E-state index contributed by atoms with van der Waals surface area (Å²) in [4.78, 5) is 28.1. The summed E-state index contributed by atoms with van der Waals surface area (Å²) in [5, 5.41) is 9.40. The maximum Gasteiger partial charge on any atom is 0.258 e. The van der Waals surface area contributed by atoms with Gasteiger partial charge in [0.25, 0.3) is 11.8 Å². The smallest absolute Gasteiger partial charge is 0.258 e. The first-order valence-corrected chi connectivity index (χ1v) is 13.4. The number of carbonyl (C=O) groups is 2. The van der Waals surface area contributed by atoms with Crippen molar-refractivity contribution in [1.82, 2.24) is 0 Å². The van der Waals surface area contributed by atoms with Crippen molar-refractivity contribution < 1.29 is 9.59 Å². The Labute approximate surface area is 220 Å². The van der Waals surface area contributed by atoms with Crippen LogP contribution in [0.25, 0.3) is 10.8 Å². The number of nitrogens with one attached hydrogen (secondary N) is 2. The molecule has 184 valence electrons. The van der Waals surface area contributed by atoms with Crippen molar-refractivity contribution in [2.75, 3.05) is 10.6 Å². The summed E-state index contributed by atoms with van der Waals surface area (Å²) >= 11 is 7.53. The second-order valence-corrected chi connectivity index (χ2v) is 12.0. The van der Waals surface area contributed by atoms with Crippen LogP contribution in [0.2, 0.25) is 5.02 Å². The van der Waals surface area contributed by atoms with Gasteiger partial charge in [-0.2, -0.15) is 0 Å². The molecule has 1 aromatic heterocycles. The van der Waals surface area contributed by atoms with Gasteiger partial charge in [0.1, 0.15) is 5.00 Å². The summed E-state index contributed by atoms with van der Waals surface area (Å²) < 4.78 is 0. The number of thiophene rings is 1. The Morgan fingerprint density at radius 3 is 2.39 bits per heavy atom. The van der Waals surface area contributed by atoms with Gasteiger partial charge in [0.05, 0.1) is 5.56 Å². The van der Waals surface area contributed by atoms with Crippen molar-refractivity contribution in [2.24, 2.45) is 11.3 Å². The van der Waals surface area contributed by atoms with E-state index in [1.54, 1.807) is 24.3 Å². The summed E-state index contributed by atoms with van der Waals surface area (Å²) in [6.45, 7) is 6.81. The van der Waals surface area contributed by atoms with Crippen molar-refractivity contribution in [3.05, 3.63) is 93.3 Å². The minimum absolute atomic E-state index is 0.180. The monoisotopic (exact) mass is 516 g/mol. The van der Waals surface area contributed by atoms with Crippen LogP contribution in [0.4, 0.5) is 10.7 Å². The van der Waals surface area contributed by atoms with E-state index in [0.29, 0.717) is 27.1 Å². The first-order chi connectivity index (χ1) is 17.2. The molecule has 36 heavy (non-hydrogen) atoms. The highest BCUT2D eigenvalue weighted by atomic mass is 35.5. The van der Waals surface area contributed by atoms with E-state index < -0.39 is 0 Å². The van der Waals surface area contributed by atoms with Crippen molar-refractivity contribution in [2.45, 2.75) is 40.0 Å². The van der Waals surface area contributed by atoms with Gasteiger partial charge in [-0.1, -0.05) is 68.8 Å². The van der Waals surface area contributed by atoms with Gasteiger partial charge in [-0.05, 0) is 71.9 Å². The number of fused-ring (bicyclic) bond motifs is 2. The second-order valence-electron chi connectivity index (χ2n) is 10.5. The molecule has 0 radical (unpaired) electrons. The Morgan fingerprint density at radius 1 is 0.917 bits per heavy atom. The van der Waals surface area contributed by atoms with E-state index in [-0.39, 0.29) is 17.2 Å². The highest BCUT2D eigenvalue weighted by molar-refractivity contribution is 7.17. The molecular formula is C30H29ClN2O2S. The number of carbonyl (C=O) groups excluding carboxylic acids is 2. The molecule has 0 fully saturated rings. The average Bonchev–Trinajstić information content (AvgIpc) is 3.21. The topological polar surface area (TPSA) is 58.2 Å². The second kappa shape index (κ2) is 9.72. The van der Waals surface area contributed by atoms with Crippen LogP contribution in [-0.2, 0) is 12.8 Å². The van der Waals surface area contributed by atoms with Crippen LogP contribution in [0, 0.1) is 11.3 Å². The molecular weight excluding hydrogens is 488 g/mol. The normalized spacial score (nSPS) is 15.4. The van der Waals surface area contributed by atoms with Crippen LogP contribution in [0.5, 0.6) is 0 Å².